The van der Waals surface area contributed by atoms with Crippen LogP contribution in [0, 0.1) is 0 Å². The van der Waals surface area contributed by atoms with Crippen molar-refractivity contribution in [3.63, 3.8) is 0 Å². The molecule has 1 aliphatic carbocycles. The van der Waals surface area contributed by atoms with E-state index >= 15 is 0 Å². The predicted octanol–water partition coefficient (Wildman–Crippen LogP) is 2.60. The fourth-order valence-corrected chi connectivity index (χ4v) is 4.43. The summed E-state index contributed by atoms with van der Waals surface area (Å²) in [4.78, 5) is 36.1. The third-order valence-corrected chi connectivity index (χ3v) is 6.04. The second-order valence-electron chi connectivity index (χ2n) is 8.36. The second kappa shape index (κ2) is 9.65. The van der Waals surface area contributed by atoms with Gasteiger partial charge in [0.15, 0.2) is 11.9 Å². The Bertz CT molecular complexity index is 825. The molecule has 2 aliphatic heterocycles. The first-order valence-corrected chi connectivity index (χ1v) is 10.9. The molecule has 3 fully saturated rings. The molecule has 4 rings (SSSR count). The Labute approximate surface area is 181 Å². The van der Waals surface area contributed by atoms with Crippen LogP contribution in [0.4, 0.5) is 15.3 Å². The SMILES string of the molecule is CC(=O)c1cccc(NC(=O)OC2COC3C(NC(=O)NC4CCCCC4)COC23)c1. The first-order chi connectivity index (χ1) is 15.0. The highest BCUT2D eigenvalue weighted by Crippen LogP contribution is 2.29. The normalized spacial score (nSPS) is 27.9. The fraction of sp³-hybridized carbons (Fsp3) is 0.591. The van der Waals surface area contributed by atoms with Crippen molar-refractivity contribution in [2.45, 2.75) is 69.4 Å². The monoisotopic (exact) mass is 431 g/mol. The molecule has 168 valence electrons. The second-order valence-corrected chi connectivity index (χ2v) is 8.36. The van der Waals surface area contributed by atoms with E-state index < -0.39 is 18.3 Å². The standard InChI is InChI=1S/C22H29N3O6/c1-13(26)14-6-5-9-16(10-14)24-22(28)31-18-12-30-19-17(11-29-20(18)19)25-21(27)23-15-7-3-2-4-8-15/h5-6,9-10,15,17-20H,2-4,7-8,11-12H2,1H3,(H,24,28)(H2,23,25,27). The van der Waals surface area contributed by atoms with Crippen molar-refractivity contribution in [2.75, 3.05) is 18.5 Å². The average molecular weight is 431 g/mol. The number of amides is 3. The first kappa shape index (κ1) is 21.6. The molecule has 1 aromatic carbocycles. The van der Waals surface area contributed by atoms with Gasteiger partial charge in [-0.15, -0.1) is 0 Å². The van der Waals surface area contributed by atoms with Crippen LogP contribution in [0.5, 0.6) is 0 Å². The molecule has 9 nitrogen and oxygen atoms in total. The Kier molecular flexibility index (Phi) is 6.72. The van der Waals surface area contributed by atoms with Crippen LogP contribution in [0.1, 0.15) is 49.4 Å². The van der Waals surface area contributed by atoms with E-state index in [9.17, 15) is 14.4 Å². The topological polar surface area (TPSA) is 115 Å². The summed E-state index contributed by atoms with van der Waals surface area (Å²) in [5.41, 5.74) is 0.973. The Morgan fingerprint density at radius 2 is 1.77 bits per heavy atom. The lowest BCUT2D eigenvalue weighted by atomic mass is 9.96. The maximum Gasteiger partial charge on any atom is 0.412 e. The van der Waals surface area contributed by atoms with Crippen molar-refractivity contribution in [1.29, 1.82) is 0 Å². The molecule has 0 spiro atoms. The molecule has 2 heterocycles. The van der Waals surface area contributed by atoms with Crippen LogP contribution >= 0.6 is 0 Å². The zero-order chi connectivity index (χ0) is 21.8. The number of carbonyl (C=O) groups is 3. The number of hydrogen-bond donors (Lipinski definition) is 3. The summed E-state index contributed by atoms with van der Waals surface area (Å²) in [6.07, 6.45) is 3.51. The van der Waals surface area contributed by atoms with Crippen LogP contribution < -0.4 is 16.0 Å². The van der Waals surface area contributed by atoms with E-state index in [0.717, 1.165) is 25.7 Å². The van der Waals surface area contributed by atoms with Gasteiger partial charge in [-0.1, -0.05) is 31.4 Å². The quantitative estimate of drug-likeness (QED) is 0.618. The van der Waals surface area contributed by atoms with E-state index in [-0.39, 0.29) is 36.6 Å². The average Bonchev–Trinajstić information content (AvgIpc) is 3.32. The summed E-state index contributed by atoms with van der Waals surface area (Å²) in [6, 6.07) is 6.36. The van der Waals surface area contributed by atoms with Gasteiger partial charge < -0.3 is 24.8 Å². The molecule has 1 aromatic rings. The van der Waals surface area contributed by atoms with Crippen LogP contribution in [-0.4, -0.2) is 61.5 Å². The van der Waals surface area contributed by atoms with Gasteiger partial charge in [-0.3, -0.25) is 10.1 Å². The molecule has 3 amide bonds. The molecule has 0 bridgehead atoms. The lowest BCUT2D eigenvalue weighted by Crippen LogP contribution is -2.51. The lowest BCUT2D eigenvalue weighted by molar-refractivity contribution is 0.00871. The Morgan fingerprint density at radius 3 is 2.55 bits per heavy atom. The van der Waals surface area contributed by atoms with Crippen molar-refractivity contribution in [3.05, 3.63) is 29.8 Å². The number of nitrogens with one attached hydrogen (secondary N) is 3. The molecule has 9 heteroatoms. The number of rotatable bonds is 5. The van der Waals surface area contributed by atoms with Gasteiger partial charge in [0, 0.05) is 17.3 Å². The van der Waals surface area contributed by atoms with Gasteiger partial charge in [-0.05, 0) is 31.9 Å². The summed E-state index contributed by atoms with van der Waals surface area (Å²) in [6.45, 7) is 1.96. The fourth-order valence-electron chi connectivity index (χ4n) is 4.43. The van der Waals surface area contributed by atoms with E-state index in [1.54, 1.807) is 24.3 Å². The van der Waals surface area contributed by atoms with Crippen LogP contribution in [0.15, 0.2) is 24.3 Å². The summed E-state index contributed by atoms with van der Waals surface area (Å²) in [5, 5.41) is 8.60. The van der Waals surface area contributed by atoms with Crippen molar-refractivity contribution >= 4 is 23.6 Å². The van der Waals surface area contributed by atoms with E-state index in [1.165, 1.54) is 13.3 Å². The lowest BCUT2D eigenvalue weighted by Gasteiger charge is -2.24. The van der Waals surface area contributed by atoms with E-state index in [2.05, 4.69) is 16.0 Å². The van der Waals surface area contributed by atoms with Crippen molar-refractivity contribution in [3.8, 4) is 0 Å². The third kappa shape index (κ3) is 5.34. The zero-order valence-corrected chi connectivity index (χ0v) is 17.6. The van der Waals surface area contributed by atoms with E-state index in [4.69, 9.17) is 14.2 Å². The minimum atomic E-state index is -0.648. The molecular weight excluding hydrogens is 402 g/mol. The summed E-state index contributed by atoms with van der Waals surface area (Å²) < 4.78 is 17.0. The van der Waals surface area contributed by atoms with Gasteiger partial charge in [-0.25, -0.2) is 9.59 Å². The van der Waals surface area contributed by atoms with E-state index in [1.807, 2.05) is 0 Å². The molecule has 31 heavy (non-hydrogen) atoms. The number of urea groups is 1. The number of anilines is 1. The summed E-state index contributed by atoms with van der Waals surface area (Å²) >= 11 is 0. The summed E-state index contributed by atoms with van der Waals surface area (Å²) in [7, 11) is 0. The Hall–Kier alpha value is -2.65. The van der Waals surface area contributed by atoms with Crippen molar-refractivity contribution in [2.24, 2.45) is 0 Å². The number of hydrogen-bond acceptors (Lipinski definition) is 6. The molecule has 3 aliphatic rings. The molecule has 1 saturated carbocycles. The molecule has 0 radical (unpaired) electrons. The van der Waals surface area contributed by atoms with Crippen LogP contribution in [0.3, 0.4) is 0 Å². The van der Waals surface area contributed by atoms with Crippen molar-refractivity contribution < 1.29 is 28.6 Å². The highest BCUT2D eigenvalue weighted by Gasteiger charge is 2.50. The van der Waals surface area contributed by atoms with Crippen LogP contribution in [-0.2, 0) is 14.2 Å². The Balaban J connectivity index is 1.26. The third-order valence-electron chi connectivity index (χ3n) is 6.04. The van der Waals surface area contributed by atoms with Crippen molar-refractivity contribution in [1.82, 2.24) is 10.6 Å². The predicted molar refractivity (Wildman–Crippen MR) is 112 cm³/mol. The minimum absolute atomic E-state index is 0.0885. The molecule has 3 N–H and O–H groups in total. The smallest absolute Gasteiger partial charge is 0.412 e. The molecule has 2 saturated heterocycles. The number of ketones is 1. The van der Waals surface area contributed by atoms with Gasteiger partial charge in [-0.2, -0.15) is 0 Å². The zero-order valence-electron chi connectivity index (χ0n) is 17.6. The van der Waals surface area contributed by atoms with Gasteiger partial charge >= 0.3 is 12.1 Å². The summed E-state index contributed by atoms with van der Waals surface area (Å²) in [5.74, 6) is -0.0885. The molecule has 4 unspecified atom stereocenters. The Morgan fingerprint density at radius 1 is 1.00 bits per heavy atom. The maximum absolute atomic E-state index is 12.3. The van der Waals surface area contributed by atoms with Gasteiger partial charge in [0.2, 0.25) is 0 Å². The molecule has 4 atom stereocenters. The number of benzene rings is 1. The highest BCUT2D eigenvalue weighted by atomic mass is 16.6. The number of carbonyl (C=O) groups excluding carboxylic acids is 3. The van der Waals surface area contributed by atoms with Gasteiger partial charge in [0.05, 0.1) is 19.3 Å². The van der Waals surface area contributed by atoms with Gasteiger partial charge in [0.25, 0.3) is 0 Å². The van der Waals surface area contributed by atoms with Crippen LogP contribution in [0.25, 0.3) is 0 Å². The van der Waals surface area contributed by atoms with E-state index in [0.29, 0.717) is 17.9 Å². The highest BCUT2D eigenvalue weighted by molar-refractivity contribution is 5.96. The molecular formula is C22H29N3O6. The number of Topliss-reactive ketones (excluding diaryl/α,β-unsaturated/α-hetero) is 1. The molecule has 0 aromatic heterocycles. The van der Waals surface area contributed by atoms with Crippen LogP contribution in [0.2, 0.25) is 0 Å². The maximum atomic E-state index is 12.3. The van der Waals surface area contributed by atoms with Gasteiger partial charge in [0.1, 0.15) is 12.2 Å². The largest absolute Gasteiger partial charge is 0.441 e. The number of fused-ring (bicyclic) bond motifs is 1. The number of ether oxygens (including phenoxy) is 3. The minimum Gasteiger partial charge on any atom is -0.441 e. The first-order valence-electron chi connectivity index (χ1n) is 10.9.